The zero-order valence-corrected chi connectivity index (χ0v) is 13.7. The summed E-state index contributed by atoms with van der Waals surface area (Å²) in [5, 5.41) is 3.40. The van der Waals surface area contributed by atoms with E-state index in [-0.39, 0.29) is 0 Å². The van der Waals surface area contributed by atoms with E-state index in [2.05, 4.69) is 46.9 Å². The molecule has 21 heavy (non-hydrogen) atoms. The predicted molar refractivity (Wildman–Crippen MR) is 89.1 cm³/mol. The van der Waals surface area contributed by atoms with E-state index in [1.165, 1.54) is 0 Å². The third-order valence-corrected chi connectivity index (χ3v) is 3.93. The molecule has 5 heteroatoms. The molecule has 0 aliphatic carbocycles. The highest BCUT2D eigenvalue weighted by Gasteiger charge is 2.18. The van der Waals surface area contributed by atoms with Gasteiger partial charge >= 0.3 is 0 Å². The van der Waals surface area contributed by atoms with Gasteiger partial charge in [0.2, 0.25) is 0 Å². The molecule has 1 saturated heterocycles. The molecule has 1 aromatic heterocycles. The first kappa shape index (κ1) is 16.0. The molecule has 118 valence electrons. The molecule has 0 saturated carbocycles. The summed E-state index contributed by atoms with van der Waals surface area (Å²) in [6, 6.07) is 2.11. The van der Waals surface area contributed by atoms with Gasteiger partial charge in [-0.2, -0.15) is 0 Å². The van der Waals surface area contributed by atoms with Gasteiger partial charge < -0.3 is 15.1 Å². The number of aromatic nitrogens is 2. The first-order valence-electron chi connectivity index (χ1n) is 8.35. The Morgan fingerprint density at radius 3 is 2.43 bits per heavy atom. The lowest BCUT2D eigenvalue weighted by atomic mass is 10.3. The van der Waals surface area contributed by atoms with Crippen LogP contribution in [-0.4, -0.2) is 54.1 Å². The Balaban J connectivity index is 2.11. The third kappa shape index (κ3) is 4.56. The maximum atomic E-state index is 4.76. The van der Waals surface area contributed by atoms with Crippen molar-refractivity contribution in [1.82, 2.24) is 14.9 Å². The second-order valence-electron chi connectivity index (χ2n) is 5.63. The fourth-order valence-electron chi connectivity index (χ4n) is 2.62. The zero-order valence-electron chi connectivity index (χ0n) is 13.7. The van der Waals surface area contributed by atoms with E-state index in [0.29, 0.717) is 0 Å². The van der Waals surface area contributed by atoms with Gasteiger partial charge in [-0.15, -0.1) is 0 Å². The van der Waals surface area contributed by atoms with E-state index >= 15 is 0 Å². The van der Waals surface area contributed by atoms with Crippen molar-refractivity contribution in [2.75, 3.05) is 49.5 Å². The molecule has 0 amide bonds. The van der Waals surface area contributed by atoms with Crippen molar-refractivity contribution in [2.45, 2.75) is 40.0 Å². The van der Waals surface area contributed by atoms with Crippen molar-refractivity contribution in [3.8, 4) is 0 Å². The van der Waals surface area contributed by atoms with Crippen molar-refractivity contribution in [3.05, 3.63) is 11.9 Å². The number of aryl methyl sites for hydroxylation is 1. The van der Waals surface area contributed by atoms with Crippen LogP contribution < -0.4 is 10.2 Å². The Morgan fingerprint density at radius 2 is 1.81 bits per heavy atom. The summed E-state index contributed by atoms with van der Waals surface area (Å²) >= 11 is 0. The van der Waals surface area contributed by atoms with Crippen molar-refractivity contribution < 1.29 is 0 Å². The third-order valence-electron chi connectivity index (χ3n) is 3.93. The minimum atomic E-state index is 0.948. The zero-order chi connectivity index (χ0) is 15.1. The van der Waals surface area contributed by atoms with Crippen LogP contribution in [0.1, 0.15) is 39.4 Å². The van der Waals surface area contributed by atoms with E-state index in [0.717, 1.165) is 76.0 Å². The highest BCUT2D eigenvalue weighted by Crippen LogP contribution is 2.18. The summed E-state index contributed by atoms with van der Waals surface area (Å²) in [6.07, 6.45) is 3.14. The van der Waals surface area contributed by atoms with E-state index in [4.69, 9.17) is 4.98 Å². The van der Waals surface area contributed by atoms with Crippen LogP contribution in [0.4, 0.5) is 11.6 Å². The van der Waals surface area contributed by atoms with Crippen LogP contribution in [0.2, 0.25) is 0 Å². The maximum absolute atomic E-state index is 4.76. The topological polar surface area (TPSA) is 44.3 Å². The molecule has 2 heterocycles. The Hall–Kier alpha value is -1.36. The molecular weight excluding hydrogens is 262 g/mol. The van der Waals surface area contributed by atoms with Crippen LogP contribution >= 0.6 is 0 Å². The van der Waals surface area contributed by atoms with E-state index in [1.54, 1.807) is 0 Å². The summed E-state index contributed by atoms with van der Waals surface area (Å²) < 4.78 is 0. The largest absolute Gasteiger partial charge is 0.370 e. The van der Waals surface area contributed by atoms with Crippen molar-refractivity contribution >= 4 is 11.6 Å². The lowest BCUT2D eigenvalue weighted by molar-refractivity contribution is 0.270. The van der Waals surface area contributed by atoms with E-state index < -0.39 is 0 Å². The van der Waals surface area contributed by atoms with Gasteiger partial charge in [0.1, 0.15) is 17.5 Å². The monoisotopic (exact) mass is 291 g/mol. The molecule has 1 aliphatic heterocycles. The van der Waals surface area contributed by atoms with Gasteiger partial charge in [0, 0.05) is 45.2 Å². The number of piperazine rings is 1. The van der Waals surface area contributed by atoms with E-state index in [1.807, 2.05) is 0 Å². The fraction of sp³-hybridized carbons (Fsp3) is 0.750. The number of rotatable bonds is 7. The Bertz CT molecular complexity index is 427. The Labute approximate surface area is 128 Å². The molecule has 5 nitrogen and oxygen atoms in total. The molecule has 0 aromatic carbocycles. The standard InChI is InChI=1S/C16H29N5/c1-4-7-14-18-15(17-8-5-2)13-16(19-14)21-11-9-20(6-3)10-12-21/h13H,4-12H2,1-3H3,(H,17,18,19). The minimum absolute atomic E-state index is 0.948. The number of likely N-dealkylation sites (N-methyl/N-ethyl adjacent to an activating group) is 1. The molecule has 0 spiro atoms. The lowest BCUT2D eigenvalue weighted by Gasteiger charge is -2.35. The number of nitrogens with zero attached hydrogens (tertiary/aromatic N) is 4. The second-order valence-corrected chi connectivity index (χ2v) is 5.63. The van der Waals surface area contributed by atoms with Gasteiger partial charge in [-0.05, 0) is 19.4 Å². The molecule has 1 N–H and O–H groups in total. The summed E-state index contributed by atoms with van der Waals surface area (Å²) in [6.45, 7) is 13.1. The number of hydrogen-bond acceptors (Lipinski definition) is 5. The molecule has 0 bridgehead atoms. The van der Waals surface area contributed by atoms with Gasteiger partial charge in [-0.3, -0.25) is 0 Å². The Morgan fingerprint density at radius 1 is 1.05 bits per heavy atom. The normalized spacial score (nSPS) is 16.2. The average Bonchev–Trinajstić information content (AvgIpc) is 2.53. The van der Waals surface area contributed by atoms with Gasteiger partial charge in [0.25, 0.3) is 0 Å². The molecule has 1 aromatic rings. The molecule has 0 unspecified atom stereocenters. The van der Waals surface area contributed by atoms with Crippen LogP contribution in [-0.2, 0) is 6.42 Å². The maximum Gasteiger partial charge on any atom is 0.134 e. The summed E-state index contributed by atoms with van der Waals surface area (Å²) in [4.78, 5) is 14.3. The molecular formula is C16H29N5. The molecule has 1 aliphatic rings. The average molecular weight is 291 g/mol. The number of hydrogen-bond donors (Lipinski definition) is 1. The lowest BCUT2D eigenvalue weighted by Crippen LogP contribution is -2.46. The van der Waals surface area contributed by atoms with E-state index in [9.17, 15) is 0 Å². The minimum Gasteiger partial charge on any atom is -0.370 e. The predicted octanol–water partition coefficient (Wildman–Crippen LogP) is 2.39. The Kier molecular flexibility index (Phi) is 6.23. The number of nitrogens with one attached hydrogen (secondary N) is 1. The van der Waals surface area contributed by atoms with Gasteiger partial charge in [0.15, 0.2) is 0 Å². The highest BCUT2D eigenvalue weighted by atomic mass is 15.3. The van der Waals surface area contributed by atoms with Gasteiger partial charge in [-0.25, -0.2) is 9.97 Å². The molecule has 0 atom stereocenters. The summed E-state index contributed by atoms with van der Waals surface area (Å²) in [7, 11) is 0. The molecule has 0 radical (unpaired) electrons. The van der Waals surface area contributed by atoms with Crippen molar-refractivity contribution in [2.24, 2.45) is 0 Å². The first-order chi connectivity index (χ1) is 10.3. The van der Waals surface area contributed by atoms with Crippen LogP contribution in [0.15, 0.2) is 6.07 Å². The van der Waals surface area contributed by atoms with Gasteiger partial charge in [-0.1, -0.05) is 20.8 Å². The second kappa shape index (κ2) is 8.17. The smallest absolute Gasteiger partial charge is 0.134 e. The molecule has 2 rings (SSSR count). The van der Waals surface area contributed by atoms with Crippen molar-refractivity contribution in [1.29, 1.82) is 0 Å². The number of anilines is 2. The van der Waals surface area contributed by atoms with Crippen LogP contribution in [0.25, 0.3) is 0 Å². The van der Waals surface area contributed by atoms with Crippen LogP contribution in [0, 0.1) is 0 Å². The van der Waals surface area contributed by atoms with Crippen LogP contribution in [0.5, 0.6) is 0 Å². The SMILES string of the molecule is CCCNc1cc(N2CCN(CC)CC2)nc(CCC)n1. The summed E-state index contributed by atoms with van der Waals surface area (Å²) in [5.74, 6) is 3.03. The summed E-state index contributed by atoms with van der Waals surface area (Å²) in [5.41, 5.74) is 0. The quantitative estimate of drug-likeness (QED) is 0.835. The highest BCUT2D eigenvalue weighted by molar-refractivity contribution is 5.49. The van der Waals surface area contributed by atoms with Crippen molar-refractivity contribution in [3.63, 3.8) is 0 Å². The fourth-order valence-corrected chi connectivity index (χ4v) is 2.62. The molecule has 1 fully saturated rings. The van der Waals surface area contributed by atoms with Crippen LogP contribution in [0.3, 0.4) is 0 Å². The first-order valence-corrected chi connectivity index (χ1v) is 8.35. The van der Waals surface area contributed by atoms with Gasteiger partial charge in [0.05, 0.1) is 0 Å².